The minimum absolute atomic E-state index is 0.179. The van der Waals surface area contributed by atoms with Gasteiger partial charge in [0, 0.05) is 11.8 Å². The smallest absolute Gasteiger partial charge is 0.407 e. The third-order valence-electron chi connectivity index (χ3n) is 3.55. The van der Waals surface area contributed by atoms with Gasteiger partial charge in [-0.05, 0) is 48.7 Å². The summed E-state index contributed by atoms with van der Waals surface area (Å²) in [5, 5.41) is 2.60. The van der Waals surface area contributed by atoms with Gasteiger partial charge in [-0.15, -0.1) is 0 Å². The van der Waals surface area contributed by atoms with Crippen LogP contribution in [0.2, 0.25) is 0 Å². The maximum Gasteiger partial charge on any atom is 0.407 e. The van der Waals surface area contributed by atoms with Gasteiger partial charge in [0.05, 0.1) is 6.54 Å². The number of ether oxygens (including phenoxy) is 1. The van der Waals surface area contributed by atoms with E-state index in [0.29, 0.717) is 17.8 Å². The molecule has 0 spiro atoms. The fraction of sp³-hybridized carbons (Fsp3) is 0.130. The Balaban J connectivity index is 0.000000203. The fourth-order valence-corrected chi connectivity index (χ4v) is 2.31. The SMILES string of the molecule is C=C/C=C(\C=C/C)[C@H]1CNC(=O)O1.Fc1cccc(C#Cc2ccccn2)c1. The molecule has 3 rings (SSSR count). The van der Waals surface area contributed by atoms with Gasteiger partial charge < -0.3 is 10.1 Å². The number of nitrogens with zero attached hydrogens (tertiary/aromatic N) is 1. The maximum absolute atomic E-state index is 12.8. The van der Waals surface area contributed by atoms with E-state index in [1.807, 2.05) is 43.4 Å². The van der Waals surface area contributed by atoms with E-state index in [-0.39, 0.29) is 18.0 Å². The number of allylic oxidation sites excluding steroid dienone is 3. The molecule has 1 amide bonds. The fourth-order valence-electron chi connectivity index (χ4n) is 2.31. The first-order chi connectivity index (χ1) is 13.6. The van der Waals surface area contributed by atoms with Crippen LogP contribution in [0, 0.1) is 17.7 Å². The van der Waals surface area contributed by atoms with Crippen molar-refractivity contribution in [3.05, 3.63) is 102 Å². The number of alkyl carbamates (subject to hydrolysis) is 1. The van der Waals surface area contributed by atoms with Crippen molar-refractivity contribution < 1.29 is 13.9 Å². The Bertz CT molecular complexity index is 924. The standard InChI is InChI=1S/C13H8FN.C10H13NO2/c14-12-5-3-4-11(10-12)7-8-13-6-1-2-9-15-13;1-3-5-8(6-4-2)9-7-11-10(12)13-9/h1-6,9-10H;3-6,9H,1,7H2,2H3,(H,11,12)/b;6-4-,8-5+/t;9-/m.1/s1. The van der Waals surface area contributed by atoms with Gasteiger partial charge in [0.25, 0.3) is 0 Å². The Kier molecular flexibility index (Phi) is 8.22. The van der Waals surface area contributed by atoms with Crippen LogP contribution in [0.3, 0.4) is 0 Å². The van der Waals surface area contributed by atoms with Crippen molar-refractivity contribution >= 4 is 6.09 Å². The van der Waals surface area contributed by atoms with Crippen molar-refractivity contribution in [3.63, 3.8) is 0 Å². The lowest BCUT2D eigenvalue weighted by atomic mass is 10.1. The number of rotatable bonds is 3. The number of cyclic esters (lactones) is 1. The summed E-state index contributed by atoms with van der Waals surface area (Å²) in [6, 6.07) is 11.7. The molecule has 142 valence electrons. The summed E-state index contributed by atoms with van der Waals surface area (Å²) in [6.45, 7) is 6.05. The quantitative estimate of drug-likeness (QED) is 0.638. The van der Waals surface area contributed by atoms with Gasteiger partial charge in [-0.25, -0.2) is 14.2 Å². The van der Waals surface area contributed by atoms with Crippen molar-refractivity contribution in [3.8, 4) is 11.8 Å². The third kappa shape index (κ3) is 6.93. The number of hydrogen-bond donors (Lipinski definition) is 1. The largest absolute Gasteiger partial charge is 0.439 e. The summed E-state index contributed by atoms with van der Waals surface area (Å²) < 4.78 is 17.8. The van der Waals surface area contributed by atoms with Gasteiger partial charge in [0.1, 0.15) is 17.6 Å². The Labute approximate surface area is 164 Å². The molecule has 5 heteroatoms. The number of aromatic nitrogens is 1. The highest BCUT2D eigenvalue weighted by molar-refractivity contribution is 5.70. The normalized spacial score (nSPS) is 15.6. The molecule has 1 aromatic carbocycles. The topological polar surface area (TPSA) is 51.2 Å². The van der Waals surface area contributed by atoms with E-state index < -0.39 is 0 Å². The maximum atomic E-state index is 12.8. The van der Waals surface area contributed by atoms with Crippen molar-refractivity contribution in [2.24, 2.45) is 0 Å². The summed E-state index contributed by atoms with van der Waals surface area (Å²) >= 11 is 0. The zero-order chi connectivity index (χ0) is 20.2. The van der Waals surface area contributed by atoms with Crippen LogP contribution in [0.5, 0.6) is 0 Å². The molecule has 0 unspecified atom stereocenters. The Morgan fingerprint density at radius 3 is 2.79 bits per heavy atom. The van der Waals surface area contributed by atoms with Crippen LogP contribution < -0.4 is 5.32 Å². The van der Waals surface area contributed by atoms with Crippen LogP contribution in [-0.2, 0) is 4.74 Å². The van der Waals surface area contributed by atoms with Gasteiger partial charge in [-0.3, -0.25) is 0 Å². The third-order valence-corrected chi connectivity index (χ3v) is 3.55. The van der Waals surface area contributed by atoms with E-state index in [1.54, 1.807) is 24.4 Å². The molecule has 1 saturated heterocycles. The minimum Gasteiger partial charge on any atom is -0.439 e. The van der Waals surface area contributed by atoms with Crippen LogP contribution in [0.15, 0.2) is 85.1 Å². The lowest BCUT2D eigenvalue weighted by Crippen LogP contribution is -2.16. The van der Waals surface area contributed by atoms with Gasteiger partial charge in [-0.1, -0.05) is 48.9 Å². The van der Waals surface area contributed by atoms with E-state index in [9.17, 15) is 9.18 Å². The second-order valence-corrected chi connectivity index (χ2v) is 5.65. The first-order valence-corrected chi connectivity index (χ1v) is 8.70. The van der Waals surface area contributed by atoms with E-state index in [4.69, 9.17) is 4.74 Å². The zero-order valence-corrected chi connectivity index (χ0v) is 15.6. The zero-order valence-electron chi connectivity index (χ0n) is 15.6. The summed E-state index contributed by atoms with van der Waals surface area (Å²) in [5.41, 5.74) is 2.29. The molecule has 1 aromatic heterocycles. The van der Waals surface area contributed by atoms with E-state index in [0.717, 1.165) is 5.57 Å². The molecule has 0 bridgehead atoms. The molecule has 1 atom stereocenters. The summed E-state index contributed by atoms with van der Waals surface area (Å²) in [4.78, 5) is 14.8. The number of nitrogens with one attached hydrogen (secondary N) is 1. The van der Waals surface area contributed by atoms with Gasteiger partial charge in [-0.2, -0.15) is 0 Å². The molecule has 1 aliphatic rings. The van der Waals surface area contributed by atoms with Gasteiger partial charge in [0.15, 0.2) is 0 Å². The molecule has 2 aromatic rings. The molecule has 0 saturated carbocycles. The monoisotopic (exact) mass is 376 g/mol. The molecule has 0 aliphatic carbocycles. The second kappa shape index (κ2) is 11.1. The van der Waals surface area contributed by atoms with E-state index >= 15 is 0 Å². The Morgan fingerprint density at radius 2 is 2.18 bits per heavy atom. The summed E-state index contributed by atoms with van der Waals surface area (Å²) in [7, 11) is 0. The second-order valence-electron chi connectivity index (χ2n) is 5.65. The molecule has 1 N–H and O–H groups in total. The van der Waals surface area contributed by atoms with Crippen molar-refractivity contribution in [2.75, 3.05) is 6.54 Å². The van der Waals surface area contributed by atoms with Gasteiger partial charge >= 0.3 is 6.09 Å². The molecule has 1 fully saturated rings. The highest BCUT2D eigenvalue weighted by Gasteiger charge is 2.24. The van der Waals surface area contributed by atoms with Crippen molar-refractivity contribution in [1.29, 1.82) is 0 Å². The molecule has 4 nitrogen and oxygen atoms in total. The van der Waals surface area contributed by atoms with Crippen LogP contribution in [0.4, 0.5) is 9.18 Å². The van der Waals surface area contributed by atoms with Crippen molar-refractivity contribution in [2.45, 2.75) is 13.0 Å². The Morgan fingerprint density at radius 1 is 1.32 bits per heavy atom. The highest BCUT2D eigenvalue weighted by Crippen LogP contribution is 2.12. The number of hydrogen-bond acceptors (Lipinski definition) is 3. The number of carbonyl (C=O) groups is 1. The summed E-state index contributed by atoms with van der Waals surface area (Å²) in [6.07, 6.45) is 8.47. The number of pyridine rings is 1. The van der Waals surface area contributed by atoms with E-state index in [1.165, 1.54) is 12.1 Å². The highest BCUT2D eigenvalue weighted by atomic mass is 19.1. The molecule has 1 aliphatic heterocycles. The van der Waals surface area contributed by atoms with E-state index in [2.05, 4.69) is 28.7 Å². The predicted octanol–water partition coefficient (Wildman–Crippen LogP) is 4.40. The molecule has 2 heterocycles. The summed E-state index contributed by atoms with van der Waals surface area (Å²) in [5.74, 6) is 5.43. The Hall–Kier alpha value is -3.65. The van der Waals surface area contributed by atoms with Crippen LogP contribution >= 0.6 is 0 Å². The lowest BCUT2D eigenvalue weighted by Gasteiger charge is -2.07. The predicted molar refractivity (Wildman–Crippen MR) is 108 cm³/mol. The van der Waals surface area contributed by atoms with Gasteiger partial charge in [0.2, 0.25) is 0 Å². The molecule has 28 heavy (non-hydrogen) atoms. The number of carbonyl (C=O) groups excluding carboxylic acids is 1. The minimum atomic E-state index is -0.357. The number of halogens is 1. The van der Waals surface area contributed by atoms with Crippen LogP contribution in [0.25, 0.3) is 0 Å². The number of benzene rings is 1. The average molecular weight is 376 g/mol. The van der Waals surface area contributed by atoms with Crippen LogP contribution in [-0.4, -0.2) is 23.7 Å². The molecular formula is C23H21FN2O2. The first-order valence-electron chi connectivity index (χ1n) is 8.70. The molecular weight excluding hydrogens is 355 g/mol. The van der Waals surface area contributed by atoms with Crippen molar-refractivity contribution in [1.82, 2.24) is 10.3 Å². The van der Waals surface area contributed by atoms with Crippen LogP contribution in [0.1, 0.15) is 18.2 Å². The lowest BCUT2D eigenvalue weighted by molar-refractivity contribution is 0.155. The molecule has 0 radical (unpaired) electrons. The first kappa shape index (κ1) is 20.7. The average Bonchev–Trinajstić information content (AvgIpc) is 3.14. The number of amides is 1.